The van der Waals surface area contributed by atoms with Gasteiger partial charge in [0.1, 0.15) is 11.6 Å². The van der Waals surface area contributed by atoms with E-state index in [1.165, 1.54) is 42.5 Å². The molecule has 0 fully saturated rings. The van der Waals surface area contributed by atoms with E-state index in [1.54, 1.807) is 13.8 Å². The predicted molar refractivity (Wildman–Crippen MR) is 91.2 cm³/mol. The Kier molecular flexibility index (Phi) is 5.58. The zero-order valence-corrected chi connectivity index (χ0v) is 14.3. The molecule has 25 heavy (non-hydrogen) atoms. The maximum Gasteiger partial charge on any atom is 0.269 e. The van der Waals surface area contributed by atoms with Gasteiger partial charge in [-0.1, -0.05) is 17.7 Å². The number of ether oxygens (including phenoxy) is 1. The SMILES string of the molecule is CC(C)(NC(=O)COc1ccc([N+](=O)[O-])cc1)c1ccc(F)cc1Cl. The van der Waals surface area contributed by atoms with Crippen molar-refractivity contribution in [3.05, 3.63) is 69.0 Å². The van der Waals surface area contributed by atoms with E-state index >= 15 is 0 Å². The zero-order valence-electron chi connectivity index (χ0n) is 13.6. The van der Waals surface area contributed by atoms with Crippen LogP contribution in [-0.4, -0.2) is 17.4 Å². The second kappa shape index (κ2) is 7.48. The largest absolute Gasteiger partial charge is 0.484 e. The molecule has 0 unspecified atom stereocenters. The Labute approximate surface area is 148 Å². The van der Waals surface area contributed by atoms with Gasteiger partial charge >= 0.3 is 0 Å². The van der Waals surface area contributed by atoms with Gasteiger partial charge in [0.25, 0.3) is 11.6 Å². The van der Waals surface area contributed by atoms with Gasteiger partial charge in [-0.05, 0) is 43.7 Å². The van der Waals surface area contributed by atoms with E-state index in [9.17, 15) is 19.3 Å². The normalized spacial score (nSPS) is 11.0. The molecule has 2 aromatic rings. The average Bonchev–Trinajstić information content (AvgIpc) is 2.52. The summed E-state index contributed by atoms with van der Waals surface area (Å²) < 4.78 is 18.5. The predicted octanol–water partition coefficient (Wildman–Crippen LogP) is 3.82. The van der Waals surface area contributed by atoms with Crippen molar-refractivity contribution in [2.45, 2.75) is 19.4 Å². The monoisotopic (exact) mass is 366 g/mol. The number of carbonyl (C=O) groups is 1. The highest BCUT2D eigenvalue weighted by molar-refractivity contribution is 6.31. The van der Waals surface area contributed by atoms with E-state index in [2.05, 4.69) is 5.32 Å². The maximum atomic E-state index is 13.2. The van der Waals surface area contributed by atoms with E-state index in [1.807, 2.05) is 0 Å². The summed E-state index contributed by atoms with van der Waals surface area (Å²) in [5.74, 6) is -0.542. The summed E-state index contributed by atoms with van der Waals surface area (Å²) in [6.45, 7) is 3.19. The number of nitrogens with zero attached hydrogens (tertiary/aromatic N) is 1. The first-order valence-corrected chi connectivity index (χ1v) is 7.70. The van der Waals surface area contributed by atoms with Crippen LogP contribution >= 0.6 is 11.6 Å². The molecule has 0 radical (unpaired) electrons. The van der Waals surface area contributed by atoms with Crippen LogP contribution < -0.4 is 10.1 Å². The molecule has 132 valence electrons. The van der Waals surface area contributed by atoms with Crippen LogP contribution in [0.1, 0.15) is 19.4 Å². The third-order valence-corrected chi connectivity index (χ3v) is 3.79. The summed E-state index contributed by atoms with van der Waals surface area (Å²) in [5, 5.41) is 13.5. The van der Waals surface area contributed by atoms with E-state index in [4.69, 9.17) is 16.3 Å². The Hall–Kier alpha value is -2.67. The average molecular weight is 367 g/mol. The van der Waals surface area contributed by atoms with Gasteiger partial charge in [-0.3, -0.25) is 14.9 Å². The van der Waals surface area contributed by atoms with Crippen molar-refractivity contribution in [2.24, 2.45) is 0 Å². The Morgan fingerprint density at radius 2 is 1.92 bits per heavy atom. The van der Waals surface area contributed by atoms with Crippen molar-refractivity contribution in [1.82, 2.24) is 5.32 Å². The molecule has 6 nitrogen and oxygen atoms in total. The van der Waals surface area contributed by atoms with Crippen molar-refractivity contribution in [3.8, 4) is 5.75 Å². The molecule has 2 rings (SSSR count). The van der Waals surface area contributed by atoms with Crippen molar-refractivity contribution in [2.75, 3.05) is 6.61 Å². The number of nitro groups is 1. The summed E-state index contributed by atoms with van der Waals surface area (Å²) in [5.41, 5.74) is -0.330. The summed E-state index contributed by atoms with van der Waals surface area (Å²) >= 11 is 6.03. The third kappa shape index (κ3) is 4.90. The van der Waals surface area contributed by atoms with E-state index in [0.717, 1.165) is 0 Å². The quantitative estimate of drug-likeness (QED) is 0.622. The minimum absolute atomic E-state index is 0.0658. The van der Waals surface area contributed by atoms with Crippen molar-refractivity contribution in [3.63, 3.8) is 0 Å². The Bertz CT molecular complexity index is 794. The molecule has 0 aliphatic carbocycles. The Morgan fingerprint density at radius 1 is 1.28 bits per heavy atom. The van der Waals surface area contributed by atoms with E-state index < -0.39 is 22.2 Å². The second-order valence-corrected chi connectivity index (χ2v) is 6.24. The third-order valence-electron chi connectivity index (χ3n) is 3.47. The standard InChI is InChI=1S/C17H16ClFN2O4/c1-17(2,14-8-3-11(19)9-15(14)18)20-16(22)10-25-13-6-4-12(5-7-13)21(23)24/h3-9H,10H2,1-2H3,(H,20,22). The maximum absolute atomic E-state index is 13.2. The number of hydrogen-bond acceptors (Lipinski definition) is 4. The molecule has 2 aromatic carbocycles. The van der Waals surface area contributed by atoms with Gasteiger partial charge < -0.3 is 10.1 Å². The van der Waals surface area contributed by atoms with Crippen LogP contribution in [0.2, 0.25) is 5.02 Å². The van der Waals surface area contributed by atoms with Crippen LogP contribution in [0.25, 0.3) is 0 Å². The number of nitro benzene ring substituents is 1. The number of benzene rings is 2. The minimum atomic E-state index is -0.833. The van der Waals surface area contributed by atoms with Gasteiger partial charge in [-0.2, -0.15) is 0 Å². The van der Waals surface area contributed by atoms with Gasteiger partial charge in [-0.25, -0.2) is 4.39 Å². The lowest BCUT2D eigenvalue weighted by atomic mass is 9.94. The van der Waals surface area contributed by atoms with Crippen molar-refractivity contribution >= 4 is 23.2 Å². The van der Waals surface area contributed by atoms with E-state index in [-0.39, 0.29) is 17.3 Å². The molecular formula is C17H16ClFN2O4. The Morgan fingerprint density at radius 3 is 2.48 bits per heavy atom. The number of rotatable bonds is 6. The summed E-state index contributed by atoms with van der Waals surface area (Å²) in [6, 6.07) is 9.35. The molecule has 1 amide bonds. The highest BCUT2D eigenvalue weighted by atomic mass is 35.5. The number of halogens is 2. The summed E-state index contributed by atoms with van der Waals surface area (Å²) in [6.07, 6.45) is 0. The molecule has 0 heterocycles. The first-order valence-electron chi connectivity index (χ1n) is 7.33. The van der Waals surface area contributed by atoms with Crippen LogP contribution in [0.15, 0.2) is 42.5 Å². The number of non-ortho nitro benzene ring substituents is 1. The van der Waals surface area contributed by atoms with Crippen molar-refractivity contribution in [1.29, 1.82) is 0 Å². The summed E-state index contributed by atoms with van der Waals surface area (Å²) in [4.78, 5) is 22.2. The summed E-state index contributed by atoms with van der Waals surface area (Å²) in [7, 11) is 0. The van der Waals surface area contributed by atoms with Crippen molar-refractivity contribution < 1.29 is 18.8 Å². The second-order valence-electron chi connectivity index (χ2n) is 5.84. The van der Waals surface area contributed by atoms with Gasteiger partial charge in [0.15, 0.2) is 6.61 Å². The first kappa shape index (κ1) is 18.7. The Balaban J connectivity index is 1.97. The fourth-order valence-electron chi connectivity index (χ4n) is 2.26. The molecule has 0 aliphatic heterocycles. The lowest BCUT2D eigenvalue weighted by Gasteiger charge is -2.28. The molecule has 0 saturated carbocycles. The number of hydrogen-bond donors (Lipinski definition) is 1. The lowest BCUT2D eigenvalue weighted by Crippen LogP contribution is -2.43. The fraction of sp³-hybridized carbons (Fsp3) is 0.235. The van der Waals surface area contributed by atoms with Gasteiger partial charge in [0.2, 0.25) is 0 Å². The molecule has 8 heteroatoms. The van der Waals surface area contributed by atoms with Crippen LogP contribution in [0.5, 0.6) is 5.75 Å². The van der Waals surface area contributed by atoms with Gasteiger partial charge in [-0.15, -0.1) is 0 Å². The molecular weight excluding hydrogens is 351 g/mol. The highest BCUT2D eigenvalue weighted by Gasteiger charge is 2.25. The zero-order chi connectivity index (χ0) is 18.6. The van der Waals surface area contributed by atoms with E-state index in [0.29, 0.717) is 11.3 Å². The number of amides is 1. The molecule has 0 saturated heterocycles. The molecule has 0 atom stereocenters. The van der Waals surface area contributed by atoms with Crippen LogP contribution in [0, 0.1) is 15.9 Å². The first-order chi connectivity index (χ1) is 11.7. The smallest absolute Gasteiger partial charge is 0.269 e. The number of carbonyl (C=O) groups excluding carboxylic acids is 1. The molecule has 1 N–H and O–H groups in total. The lowest BCUT2D eigenvalue weighted by molar-refractivity contribution is -0.384. The minimum Gasteiger partial charge on any atom is -0.484 e. The van der Waals surface area contributed by atoms with Gasteiger partial charge in [0.05, 0.1) is 10.5 Å². The van der Waals surface area contributed by atoms with Crippen LogP contribution in [0.3, 0.4) is 0 Å². The molecule has 0 spiro atoms. The molecule has 0 aromatic heterocycles. The van der Waals surface area contributed by atoms with Crippen LogP contribution in [0.4, 0.5) is 10.1 Å². The van der Waals surface area contributed by atoms with Crippen LogP contribution in [-0.2, 0) is 10.3 Å². The fourth-order valence-corrected chi connectivity index (χ4v) is 2.66. The highest BCUT2D eigenvalue weighted by Crippen LogP contribution is 2.28. The molecule has 0 aliphatic rings. The number of nitrogens with one attached hydrogen (secondary N) is 1. The molecule has 0 bridgehead atoms. The topological polar surface area (TPSA) is 81.5 Å². The van der Waals surface area contributed by atoms with Gasteiger partial charge in [0, 0.05) is 17.2 Å².